The van der Waals surface area contributed by atoms with Crippen LogP contribution >= 0.6 is 12.4 Å². The summed E-state index contributed by atoms with van der Waals surface area (Å²) in [6.45, 7) is 0.701. The normalized spacial score (nSPS) is 13.6. The zero-order chi connectivity index (χ0) is 9.26. The Morgan fingerprint density at radius 2 is 2.21 bits per heavy atom. The molecule has 0 spiro atoms. The number of fused-ring (bicyclic) bond motifs is 1. The van der Waals surface area contributed by atoms with Crippen molar-refractivity contribution in [3.63, 3.8) is 0 Å². The van der Waals surface area contributed by atoms with Gasteiger partial charge in [0.1, 0.15) is 5.75 Å². The summed E-state index contributed by atoms with van der Waals surface area (Å²) in [5, 5.41) is 2.80. The van der Waals surface area contributed by atoms with Crippen LogP contribution in [0.2, 0.25) is 0 Å². The molecule has 0 fully saturated rings. The minimum Gasteiger partial charge on any atom is -0.496 e. The minimum atomic E-state index is 0. The average Bonchev–Trinajstić information content (AvgIpc) is 2.18. The van der Waals surface area contributed by atoms with Crippen LogP contribution in [0.4, 0.5) is 0 Å². The number of benzene rings is 1. The highest BCUT2D eigenvalue weighted by atomic mass is 35.5. The predicted molar refractivity (Wildman–Crippen MR) is 56.3 cm³/mol. The first kappa shape index (κ1) is 10.9. The maximum absolute atomic E-state index is 11.4. The monoisotopic (exact) mass is 213 g/mol. The standard InChI is InChI=1S/C10H11NO2.ClH/c1-13-9-4-2-3-8-7(9)5-6-11-10(8)12;/h2-4H,5-6H2,1H3,(H,11,12);1H. The highest BCUT2D eigenvalue weighted by Crippen LogP contribution is 2.24. The third-order valence-electron chi connectivity index (χ3n) is 2.26. The van der Waals surface area contributed by atoms with Crippen LogP contribution in [0.15, 0.2) is 18.2 Å². The van der Waals surface area contributed by atoms with Crippen LogP contribution in [0.1, 0.15) is 15.9 Å². The second kappa shape index (κ2) is 4.33. The van der Waals surface area contributed by atoms with Crippen LogP contribution in [0.5, 0.6) is 5.75 Å². The minimum absolute atomic E-state index is 0. The molecule has 1 amide bonds. The van der Waals surface area contributed by atoms with Gasteiger partial charge in [0, 0.05) is 17.7 Å². The molecule has 4 heteroatoms. The van der Waals surface area contributed by atoms with Crippen molar-refractivity contribution in [1.82, 2.24) is 5.32 Å². The van der Waals surface area contributed by atoms with Crippen LogP contribution in [0.25, 0.3) is 0 Å². The second-order valence-electron chi connectivity index (χ2n) is 2.99. The molecule has 2 rings (SSSR count). The summed E-state index contributed by atoms with van der Waals surface area (Å²) in [7, 11) is 1.63. The quantitative estimate of drug-likeness (QED) is 0.766. The largest absolute Gasteiger partial charge is 0.496 e. The van der Waals surface area contributed by atoms with Crippen molar-refractivity contribution in [3.05, 3.63) is 29.3 Å². The van der Waals surface area contributed by atoms with Gasteiger partial charge in [-0.05, 0) is 18.6 Å². The number of hydrogen-bond acceptors (Lipinski definition) is 2. The van der Waals surface area contributed by atoms with E-state index in [1.54, 1.807) is 7.11 Å². The molecule has 14 heavy (non-hydrogen) atoms. The van der Waals surface area contributed by atoms with E-state index in [1.165, 1.54) is 0 Å². The maximum Gasteiger partial charge on any atom is 0.251 e. The number of hydrogen-bond donors (Lipinski definition) is 1. The summed E-state index contributed by atoms with van der Waals surface area (Å²) < 4.78 is 5.18. The van der Waals surface area contributed by atoms with E-state index in [-0.39, 0.29) is 18.3 Å². The number of halogens is 1. The fourth-order valence-electron chi connectivity index (χ4n) is 1.62. The lowest BCUT2D eigenvalue weighted by Crippen LogP contribution is -2.31. The third-order valence-corrected chi connectivity index (χ3v) is 2.26. The molecule has 1 aromatic carbocycles. The predicted octanol–water partition coefficient (Wildman–Crippen LogP) is 1.40. The van der Waals surface area contributed by atoms with E-state index in [4.69, 9.17) is 4.74 Å². The van der Waals surface area contributed by atoms with Crippen molar-refractivity contribution in [3.8, 4) is 5.75 Å². The lowest BCUT2D eigenvalue weighted by atomic mass is 9.99. The molecular weight excluding hydrogens is 202 g/mol. The molecule has 0 saturated carbocycles. The first-order valence-corrected chi connectivity index (χ1v) is 4.27. The molecule has 3 nitrogen and oxygen atoms in total. The highest BCUT2D eigenvalue weighted by Gasteiger charge is 2.18. The first-order chi connectivity index (χ1) is 6.33. The Hall–Kier alpha value is -1.22. The van der Waals surface area contributed by atoms with Crippen LogP contribution < -0.4 is 10.1 Å². The number of amides is 1. The Kier molecular flexibility index (Phi) is 3.36. The van der Waals surface area contributed by atoms with Crippen molar-refractivity contribution in [2.45, 2.75) is 6.42 Å². The van der Waals surface area contributed by atoms with Crippen molar-refractivity contribution in [1.29, 1.82) is 0 Å². The number of carbonyl (C=O) groups is 1. The Balaban J connectivity index is 0.000000980. The van der Waals surface area contributed by atoms with Gasteiger partial charge in [0.05, 0.1) is 7.11 Å². The fourth-order valence-corrected chi connectivity index (χ4v) is 1.62. The van der Waals surface area contributed by atoms with E-state index in [1.807, 2.05) is 18.2 Å². The SMILES string of the molecule is COc1cccc2c1CCNC2=O.Cl. The topological polar surface area (TPSA) is 38.3 Å². The third kappa shape index (κ3) is 1.68. The highest BCUT2D eigenvalue weighted by molar-refractivity contribution is 5.97. The molecule has 76 valence electrons. The maximum atomic E-state index is 11.4. The molecule has 0 unspecified atom stereocenters. The summed E-state index contributed by atoms with van der Waals surface area (Å²) in [5.41, 5.74) is 1.76. The summed E-state index contributed by atoms with van der Waals surface area (Å²) in [6.07, 6.45) is 0.852. The molecule has 1 N–H and O–H groups in total. The van der Waals surface area contributed by atoms with E-state index in [0.29, 0.717) is 6.54 Å². The Labute approximate surface area is 88.9 Å². The number of methoxy groups -OCH3 is 1. The lowest BCUT2D eigenvalue weighted by Gasteiger charge is -2.18. The molecule has 1 aliphatic heterocycles. The van der Waals surface area contributed by atoms with Gasteiger partial charge in [-0.1, -0.05) is 6.07 Å². The Bertz CT molecular complexity index is 352. The van der Waals surface area contributed by atoms with E-state index >= 15 is 0 Å². The molecule has 0 aromatic heterocycles. The molecule has 0 bridgehead atoms. The Morgan fingerprint density at radius 1 is 1.43 bits per heavy atom. The van der Waals surface area contributed by atoms with Gasteiger partial charge in [0.15, 0.2) is 0 Å². The van der Waals surface area contributed by atoms with E-state index in [2.05, 4.69) is 5.32 Å². The van der Waals surface area contributed by atoms with Gasteiger partial charge >= 0.3 is 0 Å². The molecule has 0 atom stereocenters. The lowest BCUT2D eigenvalue weighted by molar-refractivity contribution is 0.0945. The average molecular weight is 214 g/mol. The van der Waals surface area contributed by atoms with Gasteiger partial charge in [0.25, 0.3) is 5.91 Å². The van der Waals surface area contributed by atoms with E-state index in [0.717, 1.165) is 23.3 Å². The molecule has 1 aromatic rings. The smallest absolute Gasteiger partial charge is 0.251 e. The molecule has 0 aliphatic carbocycles. The Morgan fingerprint density at radius 3 is 2.93 bits per heavy atom. The molecule has 1 aliphatic rings. The zero-order valence-electron chi connectivity index (χ0n) is 7.87. The zero-order valence-corrected chi connectivity index (χ0v) is 8.69. The summed E-state index contributed by atoms with van der Waals surface area (Å²) in [4.78, 5) is 11.4. The summed E-state index contributed by atoms with van der Waals surface area (Å²) in [5.74, 6) is 0.813. The fraction of sp³-hybridized carbons (Fsp3) is 0.300. The van der Waals surface area contributed by atoms with Gasteiger partial charge in [0.2, 0.25) is 0 Å². The van der Waals surface area contributed by atoms with Crippen LogP contribution in [0, 0.1) is 0 Å². The molecule has 0 radical (unpaired) electrons. The number of ether oxygens (including phenoxy) is 1. The second-order valence-corrected chi connectivity index (χ2v) is 2.99. The molecule has 1 heterocycles. The van der Waals surface area contributed by atoms with E-state index < -0.39 is 0 Å². The van der Waals surface area contributed by atoms with Gasteiger partial charge in [-0.2, -0.15) is 0 Å². The first-order valence-electron chi connectivity index (χ1n) is 4.27. The van der Waals surface area contributed by atoms with Crippen molar-refractivity contribution in [2.24, 2.45) is 0 Å². The summed E-state index contributed by atoms with van der Waals surface area (Å²) >= 11 is 0. The van der Waals surface area contributed by atoms with Crippen molar-refractivity contribution in [2.75, 3.05) is 13.7 Å². The number of carbonyl (C=O) groups excluding carboxylic acids is 1. The number of nitrogens with one attached hydrogen (secondary N) is 1. The van der Waals surface area contributed by atoms with Crippen molar-refractivity contribution >= 4 is 18.3 Å². The summed E-state index contributed by atoms with van der Waals surface area (Å²) in [6, 6.07) is 5.55. The van der Waals surface area contributed by atoms with E-state index in [9.17, 15) is 4.79 Å². The van der Waals surface area contributed by atoms with Gasteiger partial charge < -0.3 is 10.1 Å². The molecular formula is C10H12ClNO2. The van der Waals surface area contributed by atoms with Crippen LogP contribution in [-0.2, 0) is 6.42 Å². The van der Waals surface area contributed by atoms with Crippen LogP contribution in [-0.4, -0.2) is 19.6 Å². The van der Waals surface area contributed by atoms with Gasteiger partial charge in [-0.15, -0.1) is 12.4 Å². The van der Waals surface area contributed by atoms with Crippen molar-refractivity contribution < 1.29 is 9.53 Å². The number of rotatable bonds is 1. The molecule has 0 saturated heterocycles. The van der Waals surface area contributed by atoms with Crippen LogP contribution in [0.3, 0.4) is 0 Å². The van der Waals surface area contributed by atoms with Gasteiger partial charge in [-0.25, -0.2) is 0 Å². The van der Waals surface area contributed by atoms with Gasteiger partial charge in [-0.3, -0.25) is 4.79 Å².